The van der Waals surface area contributed by atoms with Crippen molar-refractivity contribution in [2.24, 2.45) is 0 Å². The van der Waals surface area contributed by atoms with Gasteiger partial charge >= 0.3 is 11.9 Å². The predicted molar refractivity (Wildman–Crippen MR) is 89.0 cm³/mol. The van der Waals surface area contributed by atoms with Crippen LogP contribution in [0, 0.1) is 0 Å². The van der Waals surface area contributed by atoms with Gasteiger partial charge in [0.05, 0.1) is 19.4 Å². The van der Waals surface area contributed by atoms with Crippen molar-refractivity contribution in [3.05, 3.63) is 59.0 Å². The Morgan fingerprint density at radius 2 is 1.64 bits per heavy atom. The second-order valence-corrected chi connectivity index (χ2v) is 5.13. The van der Waals surface area contributed by atoms with Gasteiger partial charge in [0, 0.05) is 11.6 Å². The van der Waals surface area contributed by atoms with Crippen LogP contribution in [0.1, 0.15) is 11.3 Å². The summed E-state index contributed by atoms with van der Waals surface area (Å²) in [4.78, 5) is 29.7. The zero-order valence-electron chi connectivity index (χ0n) is 13.1. The Morgan fingerprint density at radius 3 is 2.16 bits per heavy atom. The summed E-state index contributed by atoms with van der Waals surface area (Å²) in [7, 11) is 0. The molecular weight excluding hydrogens is 352 g/mol. The highest BCUT2D eigenvalue weighted by Gasteiger charge is 2.04. The Balaban J connectivity index is 0.000000450. The maximum Gasteiger partial charge on any atom is 0.414 e. The lowest BCUT2D eigenvalue weighted by molar-refractivity contribution is -0.159. The molecule has 0 atom stereocenters. The van der Waals surface area contributed by atoms with E-state index in [0.717, 1.165) is 11.3 Å². The summed E-state index contributed by atoms with van der Waals surface area (Å²) in [5.41, 5.74) is 1.09. The van der Waals surface area contributed by atoms with Crippen molar-refractivity contribution in [3.63, 3.8) is 0 Å². The molecule has 134 valence electrons. The third-order valence-corrected chi connectivity index (χ3v) is 3.00. The van der Waals surface area contributed by atoms with Crippen molar-refractivity contribution < 1.29 is 29.0 Å². The van der Waals surface area contributed by atoms with Gasteiger partial charge in [-0.2, -0.15) is 0 Å². The van der Waals surface area contributed by atoms with Gasteiger partial charge < -0.3 is 25.3 Å². The molecular formula is C16H17ClN2O6. The summed E-state index contributed by atoms with van der Waals surface area (Å²) in [5.74, 6) is -2.97. The van der Waals surface area contributed by atoms with Gasteiger partial charge in [-0.25, -0.2) is 9.59 Å². The lowest BCUT2D eigenvalue weighted by Crippen LogP contribution is -2.33. The number of carbonyl (C=O) groups is 3. The first-order valence-electron chi connectivity index (χ1n) is 7.09. The fraction of sp³-hybridized carbons (Fsp3) is 0.188. The summed E-state index contributed by atoms with van der Waals surface area (Å²) in [6.07, 6.45) is 1.58. The monoisotopic (exact) mass is 368 g/mol. The molecule has 2 rings (SSSR count). The number of benzene rings is 1. The predicted octanol–water partition coefficient (Wildman–Crippen LogP) is 1.49. The molecule has 1 aromatic carbocycles. The summed E-state index contributed by atoms with van der Waals surface area (Å²) < 4.78 is 5.12. The largest absolute Gasteiger partial charge is 0.473 e. The van der Waals surface area contributed by atoms with Gasteiger partial charge in [0.25, 0.3) is 0 Å². The molecule has 0 spiro atoms. The molecule has 0 unspecified atom stereocenters. The first-order chi connectivity index (χ1) is 11.9. The molecule has 1 heterocycles. The molecule has 0 aliphatic heterocycles. The normalized spacial score (nSPS) is 9.64. The van der Waals surface area contributed by atoms with Gasteiger partial charge in [-0.3, -0.25) is 4.79 Å². The average molecular weight is 369 g/mol. The van der Waals surface area contributed by atoms with Crippen molar-refractivity contribution in [2.75, 3.05) is 6.54 Å². The first-order valence-corrected chi connectivity index (χ1v) is 7.46. The first kappa shape index (κ1) is 20.2. The minimum atomic E-state index is -1.82. The quantitative estimate of drug-likeness (QED) is 0.568. The van der Waals surface area contributed by atoms with E-state index >= 15 is 0 Å². The third kappa shape index (κ3) is 9.14. The Morgan fingerprint density at radius 1 is 1.00 bits per heavy atom. The Labute approximate surface area is 148 Å². The van der Waals surface area contributed by atoms with E-state index in [1.807, 2.05) is 30.3 Å². The number of hydrogen-bond donors (Lipinski definition) is 4. The molecule has 8 nitrogen and oxygen atoms in total. The standard InChI is InChI=1S/C14H15ClN2O2.C2H2O4/c15-12-5-3-11(4-6-12)8-16-10-14(18)17-9-13-2-1-7-19-13;3-1(4)2(5)6/h1-7,16H,8-10H2,(H,17,18);(H,3,4)(H,5,6). The molecule has 0 saturated heterocycles. The van der Waals surface area contributed by atoms with Crippen LogP contribution in [0.3, 0.4) is 0 Å². The molecule has 4 N–H and O–H groups in total. The number of hydrogen-bond acceptors (Lipinski definition) is 5. The van der Waals surface area contributed by atoms with Gasteiger partial charge in [-0.15, -0.1) is 0 Å². The number of nitrogens with one attached hydrogen (secondary N) is 2. The molecule has 0 saturated carbocycles. The number of furan rings is 1. The number of aliphatic carboxylic acids is 2. The second kappa shape index (κ2) is 10.8. The van der Waals surface area contributed by atoms with Crippen LogP contribution in [0.25, 0.3) is 0 Å². The third-order valence-electron chi connectivity index (χ3n) is 2.75. The fourth-order valence-electron chi connectivity index (χ4n) is 1.58. The summed E-state index contributed by atoms with van der Waals surface area (Å²) in [6, 6.07) is 11.1. The summed E-state index contributed by atoms with van der Waals surface area (Å²) in [6.45, 7) is 1.31. The topological polar surface area (TPSA) is 129 Å². The molecule has 0 bridgehead atoms. The highest BCUT2D eigenvalue weighted by molar-refractivity contribution is 6.30. The smallest absolute Gasteiger partial charge is 0.414 e. The lowest BCUT2D eigenvalue weighted by Gasteiger charge is -2.06. The molecule has 2 aromatic rings. The molecule has 1 amide bonds. The SMILES string of the molecule is O=C(CNCc1ccc(Cl)cc1)NCc1ccco1.O=C(O)C(=O)O. The van der Waals surface area contributed by atoms with Gasteiger partial charge in [-0.05, 0) is 29.8 Å². The Hall–Kier alpha value is -2.84. The minimum Gasteiger partial charge on any atom is -0.473 e. The number of rotatable bonds is 6. The zero-order chi connectivity index (χ0) is 18.7. The van der Waals surface area contributed by atoms with Crippen LogP contribution < -0.4 is 10.6 Å². The molecule has 9 heteroatoms. The number of carboxylic acids is 2. The van der Waals surface area contributed by atoms with E-state index in [4.69, 9.17) is 35.8 Å². The van der Waals surface area contributed by atoms with Crippen LogP contribution in [0.15, 0.2) is 47.1 Å². The maximum atomic E-state index is 11.5. The van der Waals surface area contributed by atoms with Gasteiger partial charge in [0.15, 0.2) is 0 Å². The van der Waals surface area contributed by atoms with Crippen molar-refractivity contribution in [3.8, 4) is 0 Å². The highest BCUT2D eigenvalue weighted by atomic mass is 35.5. The molecule has 25 heavy (non-hydrogen) atoms. The van der Waals surface area contributed by atoms with Crippen LogP contribution in [0.5, 0.6) is 0 Å². The van der Waals surface area contributed by atoms with Crippen molar-refractivity contribution in [1.29, 1.82) is 0 Å². The van der Waals surface area contributed by atoms with E-state index in [-0.39, 0.29) is 12.5 Å². The van der Waals surface area contributed by atoms with Gasteiger partial charge in [0.2, 0.25) is 5.91 Å². The van der Waals surface area contributed by atoms with E-state index in [1.54, 1.807) is 12.3 Å². The zero-order valence-corrected chi connectivity index (χ0v) is 13.8. The van der Waals surface area contributed by atoms with E-state index in [0.29, 0.717) is 18.1 Å². The van der Waals surface area contributed by atoms with Gasteiger partial charge in [-0.1, -0.05) is 23.7 Å². The van der Waals surface area contributed by atoms with Crippen LogP contribution in [-0.2, 0) is 27.5 Å². The number of carbonyl (C=O) groups excluding carboxylic acids is 1. The van der Waals surface area contributed by atoms with E-state index < -0.39 is 11.9 Å². The highest BCUT2D eigenvalue weighted by Crippen LogP contribution is 2.08. The van der Waals surface area contributed by atoms with Crippen LogP contribution >= 0.6 is 11.6 Å². The van der Waals surface area contributed by atoms with Crippen LogP contribution in [0.2, 0.25) is 5.02 Å². The fourth-order valence-corrected chi connectivity index (χ4v) is 1.71. The van der Waals surface area contributed by atoms with E-state index in [1.165, 1.54) is 0 Å². The average Bonchev–Trinajstić information content (AvgIpc) is 3.09. The lowest BCUT2D eigenvalue weighted by atomic mass is 10.2. The summed E-state index contributed by atoms with van der Waals surface area (Å²) >= 11 is 5.79. The van der Waals surface area contributed by atoms with Crippen LogP contribution in [-0.4, -0.2) is 34.6 Å². The number of amides is 1. The van der Waals surface area contributed by atoms with Gasteiger partial charge in [0.1, 0.15) is 5.76 Å². The Bertz CT molecular complexity index is 673. The van der Waals surface area contributed by atoms with Crippen LogP contribution in [0.4, 0.5) is 0 Å². The van der Waals surface area contributed by atoms with Crippen molar-refractivity contribution >= 4 is 29.4 Å². The second-order valence-electron chi connectivity index (χ2n) is 4.70. The number of halogens is 1. The molecule has 0 fully saturated rings. The molecule has 0 aliphatic rings. The Kier molecular flexibility index (Phi) is 8.77. The van der Waals surface area contributed by atoms with Crippen molar-refractivity contribution in [2.45, 2.75) is 13.1 Å². The van der Waals surface area contributed by atoms with E-state index in [9.17, 15) is 4.79 Å². The molecule has 0 aliphatic carbocycles. The van der Waals surface area contributed by atoms with E-state index in [2.05, 4.69) is 10.6 Å². The van der Waals surface area contributed by atoms with Crippen molar-refractivity contribution in [1.82, 2.24) is 10.6 Å². The maximum absolute atomic E-state index is 11.5. The minimum absolute atomic E-state index is 0.0645. The number of carboxylic acid groups (broad SMARTS) is 2. The molecule has 1 aromatic heterocycles. The molecule has 0 radical (unpaired) electrons. The summed E-state index contributed by atoms with van der Waals surface area (Å²) in [5, 5.41) is 21.3.